The van der Waals surface area contributed by atoms with Gasteiger partial charge in [0.25, 0.3) is 5.95 Å². The molecule has 2 N–H and O–H groups in total. The van der Waals surface area contributed by atoms with Gasteiger partial charge in [-0.2, -0.15) is 5.21 Å². The van der Waals surface area contributed by atoms with Crippen molar-refractivity contribution in [2.75, 3.05) is 18.0 Å². The van der Waals surface area contributed by atoms with Crippen LogP contribution in [0.2, 0.25) is 0 Å². The van der Waals surface area contributed by atoms with E-state index in [4.69, 9.17) is 0 Å². The Balaban J connectivity index is 1.55. The first kappa shape index (κ1) is 12.3. The van der Waals surface area contributed by atoms with Gasteiger partial charge in [0.15, 0.2) is 0 Å². The van der Waals surface area contributed by atoms with Crippen LogP contribution in [0, 0.1) is 5.82 Å². The van der Waals surface area contributed by atoms with Gasteiger partial charge < -0.3 is 9.88 Å². The van der Waals surface area contributed by atoms with Crippen molar-refractivity contribution in [3.8, 4) is 0 Å². The second-order valence-corrected chi connectivity index (χ2v) is 5.41. The molecule has 3 aromatic rings. The molecule has 0 amide bonds. The van der Waals surface area contributed by atoms with E-state index in [-0.39, 0.29) is 5.82 Å². The highest BCUT2D eigenvalue weighted by atomic mass is 19.1. The fourth-order valence-corrected chi connectivity index (χ4v) is 3.14. The number of rotatable bonds is 2. The van der Waals surface area contributed by atoms with Crippen LogP contribution < -0.4 is 4.90 Å². The quantitative estimate of drug-likeness (QED) is 0.757. The van der Waals surface area contributed by atoms with Crippen molar-refractivity contribution < 1.29 is 4.39 Å². The minimum absolute atomic E-state index is 0.206. The molecule has 2 aromatic heterocycles. The maximum Gasteiger partial charge on any atom is 0.265 e. The summed E-state index contributed by atoms with van der Waals surface area (Å²) >= 11 is 0. The van der Waals surface area contributed by atoms with E-state index in [0.29, 0.717) is 11.9 Å². The summed E-state index contributed by atoms with van der Waals surface area (Å²) in [7, 11) is 0. The molecule has 0 radical (unpaired) electrons. The molecule has 1 saturated heterocycles. The SMILES string of the molecule is Fc1ccc2c(C3CCN(c4nn[nH]n4)CC3)c[nH]c2c1. The van der Waals surface area contributed by atoms with E-state index in [1.54, 1.807) is 6.07 Å². The van der Waals surface area contributed by atoms with E-state index in [9.17, 15) is 4.39 Å². The molecule has 6 nitrogen and oxygen atoms in total. The van der Waals surface area contributed by atoms with Crippen LogP contribution in [0.15, 0.2) is 24.4 Å². The van der Waals surface area contributed by atoms with Crippen LogP contribution in [0.3, 0.4) is 0 Å². The van der Waals surface area contributed by atoms with E-state index in [2.05, 4.69) is 30.5 Å². The van der Waals surface area contributed by atoms with Crippen molar-refractivity contribution in [3.05, 3.63) is 35.8 Å². The van der Waals surface area contributed by atoms with E-state index in [0.717, 1.165) is 36.8 Å². The van der Waals surface area contributed by atoms with Gasteiger partial charge in [0, 0.05) is 30.2 Å². The summed E-state index contributed by atoms with van der Waals surface area (Å²) in [5.74, 6) is 0.935. The van der Waals surface area contributed by atoms with Crippen molar-refractivity contribution >= 4 is 16.9 Å². The number of piperidine rings is 1. The summed E-state index contributed by atoms with van der Waals surface area (Å²) in [6.07, 6.45) is 4.07. The summed E-state index contributed by atoms with van der Waals surface area (Å²) < 4.78 is 13.2. The van der Waals surface area contributed by atoms with E-state index < -0.39 is 0 Å². The summed E-state index contributed by atoms with van der Waals surface area (Å²) in [4.78, 5) is 5.31. The van der Waals surface area contributed by atoms with E-state index >= 15 is 0 Å². The number of fused-ring (bicyclic) bond motifs is 1. The first-order valence-electron chi connectivity index (χ1n) is 7.06. The third-order valence-electron chi connectivity index (χ3n) is 4.23. The highest BCUT2D eigenvalue weighted by Gasteiger charge is 2.24. The number of hydrogen-bond acceptors (Lipinski definition) is 4. The fraction of sp³-hybridized carbons (Fsp3) is 0.357. The minimum Gasteiger partial charge on any atom is -0.361 e. The number of benzene rings is 1. The van der Waals surface area contributed by atoms with Crippen molar-refractivity contribution in [2.24, 2.45) is 0 Å². The molecular weight excluding hydrogens is 271 g/mol. The molecule has 1 aromatic carbocycles. The molecule has 0 spiro atoms. The van der Waals surface area contributed by atoms with Crippen LogP contribution in [0.25, 0.3) is 10.9 Å². The lowest BCUT2D eigenvalue weighted by Crippen LogP contribution is -2.33. The Hall–Kier alpha value is -2.44. The Morgan fingerprint density at radius 3 is 2.86 bits per heavy atom. The number of aromatic amines is 2. The zero-order valence-electron chi connectivity index (χ0n) is 11.4. The smallest absolute Gasteiger partial charge is 0.265 e. The topological polar surface area (TPSA) is 73.5 Å². The van der Waals surface area contributed by atoms with Crippen LogP contribution in [0.1, 0.15) is 24.3 Å². The molecule has 0 bridgehead atoms. The lowest BCUT2D eigenvalue weighted by molar-refractivity contribution is 0.502. The van der Waals surface area contributed by atoms with Crippen molar-refractivity contribution in [3.63, 3.8) is 0 Å². The average Bonchev–Trinajstić information content (AvgIpc) is 3.16. The highest BCUT2D eigenvalue weighted by Crippen LogP contribution is 2.33. The third-order valence-corrected chi connectivity index (χ3v) is 4.23. The van der Waals surface area contributed by atoms with Crippen LogP contribution in [0.4, 0.5) is 10.3 Å². The van der Waals surface area contributed by atoms with Gasteiger partial charge in [0.05, 0.1) is 0 Å². The van der Waals surface area contributed by atoms with Gasteiger partial charge in [-0.25, -0.2) is 4.39 Å². The van der Waals surface area contributed by atoms with Gasteiger partial charge >= 0.3 is 0 Å². The molecule has 108 valence electrons. The zero-order chi connectivity index (χ0) is 14.2. The number of H-pyrrole nitrogens is 2. The Kier molecular flexibility index (Phi) is 2.83. The summed E-state index contributed by atoms with van der Waals surface area (Å²) in [5, 5.41) is 15.2. The van der Waals surface area contributed by atoms with Gasteiger partial charge in [-0.05, 0) is 47.7 Å². The second-order valence-electron chi connectivity index (χ2n) is 5.41. The van der Waals surface area contributed by atoms with Crippen LogP contribution in [-0.4, -0.2) is 38.7 Å². The maximum absolute atomic E-state index is 13.2. The van der Waals surface area contributed by atoms with Crippen molar-refractivity contribution in [1.29, 1.82) is 0 Å². The number of tetrazole rings is 1. The molecule has 1 fully saturated rings. The van der Waals surface area contributed by atoms with Crippen LogP contribution in [-0.2, 0) is 0 Å². The van der Waals surface area contributed by atoms with Gasteiger partial charge in [0.1, 0.15) is 5.82 Å². The number of nitrogens with one attached hydrogen (secondary N) is 2. The predicted molar refractivity (Wildman–Crippen MR) is 76.6 cm³/mol. The van der Waals surface area contributed by atoms with Crippen molar-refractivity contribution in [1.82, 2.24) is 25.6 Å². The molecule has 0 saturated carbocycles. The summed E-state index contributed by atoms with van der Waals surface area (Å²) in [5.41, 5.74) is 2.14. The third kappa shape index (κ3) is 2.14. The summed E-state index contributed by atoms with van der Waals surface area (Å²) in [6.45, 7) is 1.80. The molecule has 0 atom stereocenters. The predicted octanol–water partition coefficient (Wildman–Crippen LogP) is 2.20. The van der Waals surface area contributed by atoms with E-state index in [1.807, 2.05) is 12.3 Å². The largest absolute Gasteiger partial charge is 0.361 e. The molecule has 1 aliphatic heterocycles. The summed E-state index contributed by atoms with van der Waals surface area (Å²) in [6, 6.07) is 4.93. The van der Waals surface area contributed by atoms with Gasteiger partial charge in [-0.1, -0.05) is 5.10 Å². The van der Waals surface area contributed by atoms with Gasteiger partial charge in [0.2, 0.25) is 0 Å². The van der Waals surface area contributed by atoms with Gasteiger partial charge in [-0.15, -0.1) is 5.10 Å². The molecular formula is C14H15FN6. The Bertz CT molecular complexity index is 742. The molecule has 3 heterocycles. The maximum atomic E-state index is 13.2. The van der Waals surface area contributed by atoms with E-state index in [1.165, 1.54) is 11.6 Å². The van der Waals surface area contributed by atoms with Crippen LogP contribution in [0.5, 0.6) is 0 Å². The second kappa shape index (κ2) is 4.83. The Morgan fingerprint density at radius 1 is 1.24 bits per heavy atom. The van der Waals surface area contributed by atoms with Gasteiger partial charge in [-0.3, -0.25) is 0 Å². The molecule has 4 rings (SSSR count). The first-order chi connectivity index (χ1) is 10.3. The molecule has 7 heteroatoms. The number of aromatic nitrogens is 5. The lowest BCUT2D eigenvalue weighted by atomic mass is 9.89. The number of anilines is 1. The molecule has 1 aliphatic rings. The zero-order valence-corrected chi connectivity index (χ0v) is 11.4. The fourth-order valence-electron chi connectivity index (χ4n) is 3.14. The normalized spacial score (nSPS) is 16.7. The first-order valence-corrected chi connectivity index (χ1v) is 7.06. The highest BCUT2D eigenvalue weighted by molar-refractivity contribution is 5.83. The monoisotopic (exact) mass is 286 g/mol. The lowest BCUT2D eigenvalue weighted by Gasteiger charge is -2.30. The number of hydrogen-bond donors (Lipinski definition) is 2. The number of nitrogens with zero attached hydrogens (tertiary/aromatic N) is 4. The van der Waals surface area contributed by atoms with Crippen LogP contribution >= 0.6 is 0 Å². The molecule has 0 unspecified atom stereocenters. The molecule has 21 heavy (non-hydrogen) atoms. The Labute approximate surface area is 120 Å². The standard InChI is InChI=1S/C14H15FN6/c15-10-1-2-11-12(8-16-13(11)7-10)9-3-5-21(6-4-9)14-17-19-20-18-14/h1-2,7-9,16H,3-6H2,(H,17,18,19,20). The Morgan fingerprint density at radius 2 is 2.10 bits per heavy atom. The average molecular weight is 286 g/mol. The number of halogens is 1. The minimum atomic E-state index is -0.206. The van der Waals surface area contributed by atoms with Crippen molar-refractivity contribution in [2.45, 2.75) is 18.8 Å². The molecule has 0 aliphatic carbocycles.